The Hall–Kier alpha value is -1.95. The minimum absolute atomic E-state index is 0.0454. The summed E-state index contributed by atoms with van der Waals surface area (Å²) in [6.45, 7) is 8.32. The molecule has 0 saturated heterocycles. The Labute approximate surface area is 124 Å². The normalized spacial score (nSPS) is 12.9. The third-order valence-electron chi connectivity index (χ3n) is 3.29. The van der Waals surface area contributed by atoms with Crippen molar-refractivity contribution in [3.63, 3.8) is 0 Å². The van der Waals surface area contributed by atoms with E-state index in [0.29, 0.717) is 17.9 Å². The van der Waals surface area contributed by atoms with Crippen molar-refractivity contribution in [2.75, 3.05) is 13.7 Å². The first-order chi connectivity index (χ1) is 9.93. The molecule has 6 heteroatoms. The van der Waals surface area contributed by atoms with Gasteiger partial charge in [0.1, 0.15) is 0 Å². The quantitative estimate of drug-likeness (QED) is 0.915. The molecule has 6 nitrogen and oxygen atoms in total. The van der Waals surface area contributed by atoms with Crippen molar-refractivity contribution in [3.8, 4) is 0 Å². The van der Waals surface area contributed by atoms with Crippen LogP contribution in [0.25, 0.3) is 11.0 Å². The number of nitrogens with one attached hydrogen (secondary N) is 1. The first kappa shape index (κ1) is 15.4. The van der Waals surface area contributed by atoms with E-state index in [4.69, 9.17) is 4.74 Å². The van der Waals surface area contributed by atoms with Gasteiger partial charge in [0.2, 0.25) is 0 Å². The number of nitrogens with zero attached hydrogens (tertiary/aromatic N) is 3. The molecule has 1 N–H and O–H groups in total. The van der Waals surface area contributed by atoms with Gasteiger partial charge in [-0.25, -0.2) is 9.67 Å². The highest BCUT2D eigenvalue weighted by atomic mass is 16.5. The Morgan fingerprint density at radius 1 is 1.43 bits per heavy atom. The number of rotatable bonds is 5. The van der Waals surface area contributed by atoms with E-state index in [1.54, 1.807) is 13.3 Å². The lowest BCUT2D eigenvalue weighted by atomic mass is 10.1. The van der Waals surface area contributed by atoms with Crippen LogP contribution in [0.3, 0.4) is 0 Å². The van der Waals surface area contributed by atoms with E-state index in [2.05, 4.69) is 29.2 Å². The van der Waals surface area contributed by atoms with Crippen LogP contribution in [-0.4, -0.2) is 40.4 Å². The molecule has 0 aliphatic carbocycles. The van der Waals surface area contributed by atoms with Crippen molar-refractivity contribution < 1.29 is 9.53 Å². The van der Waals surface area contributed by atoms with E-state index in [1.165, 1.54) is 0 Å². The van der Waals surface area contributed by atoms with Gasteiger partial charge in [0, 0.05) is 24.6 Å². The molecule has 2 heterocycles. The summed E-state index contributed by atoms with van der Waals surface area (Å²) in [5.41, 5.74) is 2.09. The molecular formula is C15H22N4O2. The van der Waals surface area contributed by atoms with Crippen LogP contribution in [-0.2, 0) is 4.74 Å². The molecule has 0 bridgehead atoms. The molecule has 0 saturated carbocycles. The highest BCUT2D eigenvalue weighted by molar-refractivity contribution is 5.98. The predicted molar refractivity (Wildman–Crippen MR) is 81.5 cm³/mol. The molecule has 2 rings (SSSR count). The SMILES string of the molecule is COC[C@H](C)NC(=O)c1cc2cnn(C(C)C)c2nc1C. The maximum atomic E-state index is 12.3. The van der Waals surface area contributed by atoms with Gasteiger partial charge in [-0.1, -0.05) is 0 Å². The number of carbonyl (C=O) groups excluding carboxylic acids is 1. The molecule has 0 aliphatic rings. The van der Waals surface area contributed by atoms with Crippen molar-refractivity contribution in [1.82, 2.24) is 20.1 Å². The Kier molecular flexibility index (Phi) is 4.57. The summed E-state index contributed by atoms with van der Waals surface area (Å²) in [5.74, 6) is -0.135. The molecule has 0 aromatic carbocycles. The summed E-state index contributed by atoms with van der Waals surface area (Å²) in [5, 5.41) is 8.10. The average Bonchev–Trinajstić information content (AvgIpc) is 2.80. The summed E-state index contributed by atoms with van der Waals surface area (Å²) in [6, 6.07) is 2.03. The Balaban J connectivity index is 2.33. The first-order valence-electron chi connectivity index (χ1n) is 7.08. The molecule has 1 amide bonds. The van der Waals surface area contributed by atoms with Gasteiger partial charge in [-0.3, -0.25) is 4.79 Å². The highest BCUT2D eigenvalue weighted by Gasteiger charge is 2.16. The minimum atomic E-state index is -0.135. The molecule has 114 valence electrons. The van der Waals surface area contributed by atoms with Crippen molar-refractivity contribution in [2.45, 2.75) is 39.8 Å². The first-order valence-corrected chi connectivity index (χ1v) is 7.08. The number of methoxy groups -OCH3 is 1. The Bertz CT molecular complexity index is 648. The molecular weight excluding hydrogens is 268 g/mol. The molecule has 0 unspecified atom stereocenters. The number of aromatic nitrogens is 3. The lowest BCUT2D eigenvalue weighted by Crippen LogP contribution is -2.36. The molecule has 0 aliphatic heterocycles. The fraction of sp³-hybridized carbons (Fsp3) is 0.533. The third kappa shape index (κ3) is 3.21. The van der Waals surface area contributed by atoms with Gasteiger partial charge < -0.3 is 10.1 Å². The highest BCUT2D eigenvalue weighted by Crippen LogP contribution is 2.19. The third-order valence-corrected chi connectivity index (χ3v) is 3.29. The van der Waals surface area contributed by atoms with Crippen LogP contribution in [0.5, 0.6) is 0 Å². The number of carbonyl (C=O) groups is 1. The second kappa shape index (κ2) is 6.22. The Morgan fingerprint density at radius 3 is 2.76 bits per heavy atom. The smallest absolute Gasteiger partial charge is 0.253 e. The monoisotopic (exact) mass is 290 g/mol. The largest absolute Gasteiger partial charge is 0.383 e. The molecule has 21 heavy (non-hydrogen) atoms. The predicted octanol–water partition coefficient (Wildman–Crippen LogP) is 2.09. The Morgan fingerprint density at radius 2 is 2.14 bits per heavy atom. The molecule has 0 fully saturated rings. The minimum Gasteiger partial charge on any atom is -0.383 e. The number of fused-ring (bicyclic) bond motifs is 1. The van der Waals surface area contributed by atoms with Crippen LogP contribution in [0.4, 0.5) is 0 Å². The van der Waals surface area contributed by atoms with Gasteiger partial charge in [0.25, 0.3) is 5.91 Å². The summed E-state index contributed by atoms with van der Waals surface area (Å²) in [6.07, 6.45) is 1.75. The topological polar surface area (TPSA) is 69.0 Å². The summed E-state index contributed by atoms with van der Waals surface area (Å²) in [4.78, 5) is 16.8. The van der Waals surface area contributed by atoms with Crippen molar-refractivity contribution in [1.29, 1.82) is 0 Å². The molecule has 0 radical (unpaired) electrons. The van der Waals surface area contributed by atoms with Gasteiger partial charge in [-0.05, 0) is 33.8 Å². The number of ether oxygens (including phenoxy) is 1. The standard InChI is InChI=1S/C15H22N4O2/c1-9(2)19-14-12(7-16-19)6-13(11(4)18-14)15(20)17-10(3)8-21-5/h6-7,9-10H,8H2,1-5H3,(H,17,20)/t10-/m0/s1. The second-order valence-electron chi connectivity index (χ2n) is 5.55. The van der Waals surface area contributed by atoms with Crippen LogP contribution in [0.2, 0.25) is 0 Å². The van der Waals surface area contributed by atoms with Crippen LogP contribution in [0.1, 0.15) is 42.9 Å². The van der Waals surface area contributed by atoms with Crippen molar-refractivity contribution in [3.05, 3.63) is 23.5 Å². The van der Waals surface area contributed by atoms with Crippen molar-refractivity contribution >= 4 is 16.9 Å². The molecule has 2 aromatic heterocycles. The van der Waals surface area contributed by atoms with Gasteiger partial charge in [0.05, 0.1) is 24.1 Å². The van der Waals surface area contributed by atoms with Gasteiger partial charge in [0.15, 0.2) is 5.65 Å². The van der Waals surface area contributed by atoms with E-state index in [9.17, 15) is 4.79 Å². The zero-order valence-electron chi connectivity index (χ0n) is 13.2. The number of hydrogen-bond acceptors (Lipinski definition) is 4. The maximum Gasteiger partial charge on any atom is 0.253 e. The average molecular weight is 290 g/mol. The maximum absolute atomic E-state index is 12.3. The number of hydrogen-bond donors (Lipinski definition) is 1. The van der Waals surface area contributed by atoms with Gasteiger partial charge >= 0.3 is 0 Å². The molecule has 0 spiro atoms. The van der Waals surface area contributed by atoms with Crippen LogP contribution in [0.15, 0.2) is 12.3 Å². The molecule has 1 atom stereocenters. The van der Waals surface area contributed by atoms with Gasteiger partial charge in [-0.2, -0.15) is 5.10 Å². The van der Waals surface area contributed by atoms with E-state index < -0.39 is 0 Å². The zero-order chi connectivity index (χ0) is 15.6. The number of amides is 1. The fourth-order valence-electron chi connectivity index (χ4n) is 2.27. The number of pyridine rings is 1. The van der Waals surface area contributed by atoms with E-state index in [1.807, 2.05) is 24.6 Å². The van der Waals surface area contributed by atoms with Crippen LogP contribution >= 0.6 is 0 Å². The van der Waals surface area contributed by atoms with Crippen LogP contribution in [0, 0.1) is 6.92 Å². The lowest BCUT2D eigenvalue weighted by Gasteiger charge is -2.14. The van der Waals surface area contributed by atoms with E-state index >= 15 is 0 Å². The van der Waals surface area contributed by atoms with Gasteiger partial charge in [-0.15, -0.1) is 0 Å². The number of aryl methyl sites for hydroxylation is 1. The van der Waals surface area contributed by atoms with Crippen molar-refractivity contribution in [2.24, 2.45) is 0 Å². The zero-order valence-corrected chi connectivity index (χ0v) is 13.2. The van der Waals surface area contributed by atoms with E-state index in [0.717, 1.165) is 11.0 Å². The summed E-state index contributed by atoms with van der Waals surface area (Å²) < 4.78 is 6.89. The lowest BCUT2D eigenvalue weighted by molar-refractivity contribution is 0.0904. The summed E-state index contributed by atoms with van der Waals surface area (Å²) >= 11 is 0. The summed E-state index contributed by atoms with van der Waals surface area (Å²) in [7, 11) is 1.61. The van der Waals surface area contributed by atoms with Crippen LogP contribution < -0.4 is 5.32 Å². The van der Waals surface area contributed by atoms with E-state index in [-0.39, 0.29) is 18.0 Å². The second-order valence-corrected chi connectivity index (χ2v) is 5.55. The molecule has 2 aromatic rings. The fourth-order valence-corrected chi connectivity index (χ4v) is 2.27.